The summed E-state index contributed by atoms with van der Waals surface area (Å²) >= 11 is 3.38. The number of halogens is 1. The summed E-state index contributed by atoms with van der Waals surface area (Å²) in [4.78, 5) is 11.1. The lowest BCUT2D eigenvalue weighted by Crippen LogP contribution is -2.45. The third-order valence-electron chi connectivity index (χ3n) is 3.12. The molecule has 0 radical (unpaired) electrons. The summed E-state index contributed by atoms with van der Waals surface area (Å²) in [5.74, 6) is 0.731. The summed E-state index contributed by atoms with van der Waals surface area (Å²) in [6.45, 7) is 7.13. The highest BCUT2D eigenvalue weighted by Gasteiger charge is 2.38. The van der Waals surface area contributed by atoms with Crippen molar-refractivity contribution in [1.29, 1.82) is 0 Å². The van der Waals surface area contributed by atoms with Gasteiger partial charge in [-0.3, -0.25) is 0 Å². The van der Waals surface area contributed by atoms with Gasteiger partial charge in [-0.15, -0.1) is 0 Å². The van der Waals surface area contributed by atoms with E-state index in [1.807, 2.05) is 20.8 Å². The minimum atomic E-state index is -0.757. The van der Waals surface area contributed by atoms with Crippen LogP contribution in [0.4, 0.5) is 4.79 Å². The number of carbonyl (C=O) groups is 1. The Kier molecular flexibility index (Phi) is 3.75. The van der Waals surface area contributed by atoms with Gasteiger partial charge in [-0.25, -0.2) is 9.48 Å². The fourth-order valence-electron chi connectivity index (χ4n) is 2.37. The van der Waals surface area contributed by atoms with Crippen LogP contribution < -0.4 is 10.5 Å². The Morgan fingerprint density at radius 3 is 2.95 bits per heavy atom. The molecule has 1 unspecified atom stereocenters. The number of hydrogen-bond donors (Lipinski definition) is 1. The predicted molar refractivity (Wildman–Crippen MR) is 72.8 cm³/mol. The Morgan fingerprint density at radius 1 is 1.68 bits per heavy atom. The minimum absolute atomic E-state index is 0.0202. The Morgan fingerprint density at radius 2 is 2.37 bits per heavy atom. The fraction of sp³-hybridized carbons (Fsp3) is 0.667. The quantitative estimate of drug-likeness (QED) is 0.900. The second-order valence-corrected chi connectivity index (χ2v) is 6.63. The maximum atomic E-state index is 11.1. The molecule has 7 heteroatoms. The van der Waals surface area contributed by atoms with Crippen LogP contribution in [0.3, 0.4) is 0 Å². The highest BCUT2D eigenvalue weighted by molar-refractivity contribution is 9.10. The first-order valence-corrected chi connectivity index (χ1v) is 6.88. The van der Waals surface area contributed by atoms with Crippen molar-refractivity contribution in [3.63, 3.8) is 0 Å². The van der Waals surface area contributed by atoms with Crippen molar-refractivity contribution in [2.24, 2.45) is 17.1 Å². The summed E-state index contributed by atoms with van der Waals surface area (Å²) in [7, 11) is 0. The van der Waals surface area contributed by atoms with Gasteiger partial charge < -0.3 is 15.2 Å². The first kappa shape index (κ1) is 14.2. The number of fused-ring (bicyclic) bond motifs is 1. The van der Waals surface area contributed by atoms with Crippen molar-refractivity contribution in [2.75, 3.05) is 6.61 Å². The summed E-state index contributed by atoms with van der Waals surface area (Å²) < 4.78 is 13.6. The van der Waals surface area contributed by atoms with Gasteiger partial charge >= 0.3 is 6.09 Å². The van der Waals surface area contributed by atoms with Gasteiger partial charge in [0, 0.05) is 0 Å². The monoisotopic (exact) mass is 331 g/mol. The average molecular weight is 332 g/mol. The largest absolute Gasteiger partial charge is 0.477 e. The van der Waals surface area contributed by atoms with E-state index in [0.29, 0.717) is 19.0 Å². The molecule has 2 rings (SSSR count). The summed E-state index contributed by atoms with van der Waals surface area (Å²) in [5, 5.41) is 4.22. The zero-order chi connectivity index (χ0) is 14.2. The van der Waals surface area contributed by atoms with E-state index < -0.39 is 6.09 Å². The van der Waals surface area contributed by atoms with Crippen LogP contribution in [-0.4, -0.2) is 28.6 Å². The van der Waals surface area contributed by atoms with Crippen LogP contribution in [-0.2, 0) is 11.3 Å². The minimum Gasteiger partial charge on any atom is -0.477 e. The van der Waals surface area contributed by atoms with Gasteiger partial charge in [-0.2, -0.15) is 5.10 Å². The van der Waals surface area contributed by atoms with E-state index >= 15 is 0 Å². The van der Waals surface area contributed by atoms with E-state index in [4.69, 9.17) is 15.2 Å². The van der Waals surface area contributed by atoms with Gasteiger partial charge in [0.25, 0.3) is 0 Å². The normalized spacial score (nSPS) is 20.3. The Balaban J connectivity index is 2.19. The maximum Gasteiger partial charge on any atom is 0.404 e. The summed E-state index contributed by atoms with van der Waals surface area (Å²) in [5.41, 5.74) is 4.95. The Labute approximate surface area is 120 Å². The lowest BCUT2D eigenvalue weighted by atomic mass is 9.81. The molecule has 0 fully saturated rings. The molecule has 0 bridgehead atoms. The third-order valence-corrected chi connectivity index (χ3v) is 3.66. The first-order valence-electron chi connectivity index (χ1n) is 6.09. The first-order chi connectivity index (χ1) is 8.79. The molecule has 1 aromatic rings. The average Bonchev–Trinajstić information content (AvgIpc) is 2.66. The molecule has 0 saturated heterocycles. The Hall–Kier alpha value is -1.24. The van der Waals surface area contributed by atoms with Crippen molar-refractivity contribution in [3.05, 3.63) is 10.7 Å². The molecule has 2 heterocycles. The van der Waals surface area contributed by atoms with Crippen LogP contribution in [0.2, 0.25) is 0 Å². The lowest BCUT2D eigenvalue weighted by molar-refractivity contribution is -0.0349. The molecule has 1 aliphatic rings. The second-order valence-electron chi connectivity index (χ2n) is 5.77. The van der Waals surface area contributed by atoms with Gasteiger partial charge in [0.1, 0.15) is 6.10 Å². The van der Waals surface area contributed by atoms with Crippen LogP contribution in [0.5, 0.6) is 5.88 Å². The van der Waals surface area contributed by atoms with E-state index in [-0.39, 0.29) is 17.4 Å². The van der Waals surface area contributed by atoms with Crippen molar-refractivity contribution in [2.45, 2.75) is 33.4 Å². The molecule has 0 saturated carbocycles. The lowest BCUT2D eigenvalue weighted by Gasteiger charge is -2.37. The highest BCUT2D eigenvalue weighted by atomic mass is 79.9. The van der Waals surface area contributed by atoms with Crippen LogP contribution in [0.25, 0.3) is 0 Å². The van der Waals surface area contributed by atoms with Crippen molar-refractivity contribution >= 4 is 22.0 Å². The third kappa shape index (κ3) is 3.02. The van der Waals surface area contributed by atoms with Gasteiger partial charge in [0.15, 0.2) is 0 Å². The zero-order valence-electron chi connectivity index (χ0n) is 11.2. The number of primary amides is 1. The van der Waals surface area contributed by atoms with Gasteiger partial charge in [0.2, 0.25) is 5.88 Å². The van der Waals surface area contributed by atoms with Gasteiger partial charge in [0.05, 0.1) is 29.7 Å². The number of nitrogens with two attached hydrogens (primary N) is 1. The standard InChI is InChI=1S/C12H18BrN3O3/c1-12(2,3)9(19-11(14)17)7-5-16-10(18-6-7)8(13)4-15-16/h4,7,9H,5-6H2,1-3H3,(H2,14,17)/t7?,9-/m1/s1. The van der Waals surface area contributed by atoms with Gasteiger partial charge in [-0.05, 0) is 21.3 Å². The molecule has 1 amide bonds. The van der Waals surface area contributed by atoms with E-state index in [0.717, 1.165) is 4.47 Å². The molecular formula is C12H18BrN3O3. The maximum absolute atomic E-state index is 11.1. The molecule has 0 aromatic carbocycles. The predicted octanol–water partition coefficient (Wildman–Crippen LogP) is 2.16. The number of ether oxygens (including phenoxy) is 2. The smallest absolute Gasteiger partial charge is 0.404 e. The van der Waals surface area contributed by atoms with E-state index in [1.54, 1.807) is 10.9 Å². The Bertz CT molecular complexity index is 481. The topological polar surface area (TPSA) is 79.4 Å². The SMILES string of the molecule is CC(C)(C)[C@H](OC(N)=O)C1COc2c(Br)cnn2C1. The molecule has 2 atom stereocenters. The van der Waals surface area contributed by atoms with Crippen LogP contribution in [0.1, 0.15) is 20.8 Å². The molecule has 0 spiro atoms. The number of carbonyl (C=O) groups excluding carboxylic acids is 1. The molecule has 19 heavy (non-hydrogen) atoms. The van der Waals surface area contributed by atoms with Crippen molar-refractivity contribution in [1.82, 2.24) is 9.78 Å². The number of hydrogen-bond acceptors (Lipinski definition) is 4. The van der Waals surface area contributed by atoms with Crippen LogP contribution in [0.15, 0.2) is 10.7 Å². The van der Waals surface area contributed by atoms with Gasteiger partial charge in [-0.1, -0.05) is 20.8 Å². The second kappa shape index (κ2) is 5.03. The van der Waals surface area contributed by atoms with E-state index in [1.165, 1.54) is 0 Å². The van der Waals surface area contributed by atoms with E-state index in [2.05, 4.69) is 21.0 Å². The molecule has 0 aliphatic carbocycles. The van der Waals surface area contributed by atoms with Crippen LogP contribution in [0, 0.1) is 11.3 Å². The van der Waals surface area contributed by atoms with E-state index in [9.17, 15) is 4.79 Å². The summed E-state index contributed by atoms with van der Waals surface area (Å²) in [6, 6.07) is 0. The molecule has 1 aliphatic heterocycles. The van der Waals surface area contributed by atoms with Crippen molar-refractivity contribution < 1.29 is 14.3 Å². The fourth-order valence-corrected chi connectivity index (χ4v) is 2.78. The molecule has 6 nitrogen and oxygen atoms in total. The molecular weight excluding hydrogens is 314 g/mol. The highest BCUT2D eigenvalue weighted by Crippen LogP contribution is 2.35. The zero-order valence-corrected chi connectivity index (χ0v) is 12.8. The molecule has 1 aromatic heterocycles. The molecule has 2 N–H and O–H groups in total. The number of rotatable bonds is 2. The number of aromatic nitrogens is 2. The number of amides is 1. The number of nitrogens with zero attached hydrogens (tertiary/aromatic N) is 2. The van der Waals surface area contributed by atoms with Crippen molar-refractivity contribution in [3.8, 4) is 5.88 Å². The van der Waals surface area contributed by atoms with Crippen LogP contribution >= 0.6 is 15.9 Å². The molecule has 106 valence electrons. The summed E-state index contributed by atoms with van der Waals surface area (Å²) in [6.07, 6.45) is 0.618.